The van der Waals surface area contributed by atoms with Crippen LogP contribution in [0, 0.1) is 12.8 Å². The largest absolute Gasteiger partial charge is 0.496 e. The summed E-state index contributed by atoms with van der Waals surface area (Å²) in [6, 6.07) is 14.2. The molecule has 2 aromatic carbocycles. The predicted molar refractivity (Wildman–Crippen MR) is 157 cm³/mol. The van der Waals surface area contributed by atoms with E-state index in [0.29, 0.717) is 30.0 Å². The minimum Gasteiger partial charge on any atom is -0.496 e. The molecule has 2 aliphatic rings. The molecule has 0 spiro atoms. The topological polar surface area (TPSA) is 117 Å². The Hall–Kier alpha value is -4.47. The molecule has 10 nitrogen and oxygen atoms in total. The van der Waals surface area contributed by atoms with Gasteiger partial charge >= 0.3 is 0 Å². The number of hydrogen-bond donors (Lipinski definition) is 1. The number of fused-ring (bicyclic) bond motifs is 1. The van der Waals surface area contributed by atoms with Crippen LogP contribution in [0.5, 0.6) is 5.75 Å². The average molecular weight is 558 g/mol. The van der Waals surface area contributed by atoms with Gasteiger partial charge in [-0.2, -0.15) is 0 Å². The number of carbonyl (C=O) groups is 3. The molecular formula is C31H35N5O5. The van der Waals surface area contributed by atoms with Crippen molar-refractivity contribution in [3.05, 3.63) is 59.9 Å². The number of hydrogen-bond acceptors (Lipinski definition) is 6. The minimum absolute atomic E-state index is 0.00959. The first-order valence-corrected chi connectivity index (χ1v) is 14.1. The highest BCUT2D eigenvalue weighted by Crippen LogP contribution is 2.25. The first-order chi connectivity index (χ1) is 19.9. The molecule has 0 bridgehead atoms. The van der Waals surface area contributed by atoms with Crippen LogP contribution in [0.1, 0.15) is 48.2 Å². The second kappa shape index (κ2) is 12.8. The highest BCUT2D eigenvalue weighted by Gasteiger charge is 2.29. The molecule has 41 heavy (non-hydrogen) atoms. The standard InChI is InChI=1S/C31H35N5O5/c1-21-17-23-18-24(12-13-26(23)41-21)33-31(34-29(38)25-10-3-4-11-27(25)40-2)32-19-22-9-5-6-16-36(30(22)39)20-28(37)35-14-7-8-15-35/h3-4,10-13,17-19,22H,5-9,14-16,20H2,1-2H3,(H,33,34,38)/b32-19-. The van der Waals surface area contributed by atoms with E-state index in [1.165, 1.54) is 7.11 Å². The molecule has 3 aromatic rings. The van der Waals surface area contributed by atoms with Gasteiger partial charge in [0.1, 0.15) is 17.1 Å². The van der Waals surface area contributed by atoms with Crippen LogP contribution in [0.4, 0.5) is 5.69 Å². The lowest BCUT2D eigenvalue weighted by Gasteiger charge is -2.25. The van der Waals surface area contributed by atoms with Gasteiger partial charge in [-0.25, -0.2) is 9.98 Å². The molecule has 2 aliphatic heterocycles. The lowest BCUT2D eigenvalue weighted by Crippen LogP contribution is -2.44. The first-order valence-electron chi connectivity index (χ1n) is 14.1. The zero-order chi connectivity index (χ0) is 28.8. The van der Waals surface area contributed by atoms with Crippen molar-refractivity contribution in [1.29, 1.82) is 0 Å². The number of guanidine groups is 1. The summed E-state index contributed by atoms with van der Waals surface area (Å²) in [6.07, 6.45) is 5.80. The first kappa shape index (κ1) is 28.1. The fourth-order valence-electron chi connectivity index (χ4n) is 5.27. The molecule has 1 unspecified atom stereocenters. The van der Waals surface area contributed by atoms with Crippen molar-refractivity contribution in [2.24, 2.45) is 15.9 Å². The van der Waals surface area contributed by atoms with E-state index in [1.807, 2.05) is 30.0 Å². The van der Waals surface area contributed by atoms with Crippen molar-refractivity contribution < 1.29 is 23.5 Å². The fraction of sp³-hybridized carbons (Fsp3) is 0.387. The molecule has 0 saturated carbocycles. The number of para-hydroxylation sites is 1. The van der Waals surface area contributed by atoms with E-state index in [0.717, 1.165) is 55.5 Å². The highest BCUT2D eigenvalue weighted by atomic mass is 16.5. The van der Waals surface area contributed by atoms with Crippen molar-refractivity contribution >= 4 is 46.6 Å². The third-order valence-electron chi connectivity index (χ3n) is 7.42. The van der Waals surface area contributed by atoms with Gasteiger partial charge in [0, 0.05) is 31.2 Å². The quantitative estimate of drug-likeness (QED) is 0.354. The maximum atomic E-state index is 13.5. The van der Waals surface area contributed by atoms with Crippen LogP contribution in [0.3, 0.4) is 0 Å². The summed E-state index contributed by atoms with van der Waals surface area (Å²) in [5.74, 6) is 0.121. The Bertz CT molecular complexity index is 1490. The van der Waals surface area contributed by atoms with Gasteiger partial charge in [-0.1, -0.05) is 18.6 Å². The van der Waals surface area contributed by atoms with E-state index in [2.05, 4.69) is 15.3 Å². The number of nitrogens with zero attached hydrogens (tertiary/aromatic N) is 4. The number of benzene rings is 2. The Morgan fingerprint density at radius 1 is 1.07 bits per heavy atom. The molecule has 1 aromatic heterocycles. The van der Waals surface area contributed by atoms with Crippen LogP contribution in [0.25, 0.3) is 11.0 Å². The molecule has 0 aliphatic carbocycles. The van der Waals surface area contributed by atoms with Crippen molar-refractivity contribution in [3.8, 4) is 5.75 Å². The van der Waals surface area contributed by atoms with Gasteiger partial charge in [0.2, 0.25) is 17.8 Å². The Kier molecular flexibility index (Phi) is 8.76. The van der Waals surface area contributed by atoms with Crippen LogP contribution >= 0.6 is 0 Å². The SMILES string of the molecule is COc1ccccc1C(=O)NC(=Nc1ccc2oc(C)cc2c1)/N=C\C1CCCCN(CC(=O)N2CCCC2)C1=O. The Morgan fingerprint density at radius 2 is 1.85 bits per heavy atom. The van der Waals surface area contributed by atoms with Gasteiger partial charge in [-0.3, -0.25) is 19.7 Å². The van der Waals surface area contributed by atoms with Crippen LogP contribution in [-0.2, 0) is 9.59 Å². The number of aliphatic imine (C=N–C) groups is 2. The second-order valence-corrected chi connectivity index (χ2v) is 10.4. The summed E-state index contributed by atoms with van der Waals surface area (Å²) in [5.41, 5.74) is 1.63. The number of rotatable bonds is 6. The number of carbonyl (C=O) groups excluding carboxylic acids is 3. The van der Waals surface area contributed by atoms with Gasteiger partial charge in [0.25, 0.3) is 5.91 Å². The van der Waals surface area contributed by atoms with E-state index in [4.69, 9.17) is 9.15 Å². The van der Waals surface area contributed by atoms with Gasteiger partial charge < -0.3 is 19.0 Å². The Morgan fingerprint density at radius 3 is 2.66 bits per heavy atom. The molecule has 1 N–H and O–H groups in total. The Balaban J connectivity index is 1.40. The van der Waals surface area contributed by atoms with E-state index >= 15 is 0 Å². The minimum atomic E-state index is -0.531. The molecular weight excluding hydrogens is 522 g/mol. The number of ether oxygens (including phenoxy) is 1. The number of methoxy groups -OCH3 is 1. The molecule has 3 amide bonds. The smallest absolute Gasteiger partial charge is 0.261 e. The molecule has 0 radical (unpaired) electrons. The van der Waals surface area contributed by atoms with Gasteiger partial charge in [-0.05, 0) is 69.0 Å². The van der Waals surface area contributed by atoms with Crippen molar-refractivity contribution in [2.45, 2.75) is 39.0 Å². The molecule has 5 rings (SSSR count). The summed E-state index contributed by atoms with van der Waals surface area (Å²) >= 11 is 0. The van der Waals surface area contributed by atoms with E-state index in [-0.39, 0.29) is 24.3 Å². The predicted octanol–water partition coefficient (Wildman–Crippen LogP) is 4.49. The van der Waals surface area contributed by atoms with Crippen LogP contribution < -0.4 is 10.1 Å². The second-order valence-electron chi connectivity index (χ2n) is 10.4. The monoisotopic (exact) mass is 557 g/mol. The van der Waals surface area contributed by atoms with Crippen molar-refractivity contribution in [3.63, 3.8) is 0 Å². The summed E-state index contributed by atoms with van der Waals surface area (Å²) in [7, 11) is 1.50. The number of nitrogens with one attached hydrogen (secondary N) is 1. The zero-order valence-electron chi connectivity index (χ0n) is 23.5. The fourth-order valence-corrected chi connectivity index (χ4v) is 5.27. The maximum Gasteiger partial charge on any atom is 0.261 e. The van der Waals surface area contributed by atoms with Gasteiger partial charge in [-0.15, -0.1) is 0 Å². The van der Waals surface area contributed by atoms with E-state index in [9.17, 15) is 14.4 Å². The number of amides is 3. The lowest BCUT2D eigenvalue weighted by molar-refractivity contribution is -0.140. The third kappa shape index (κ3) is 6.82. The van der Waals surface area contributed by atoms with Crippen molar-refractivity contribution in [1.82, 2.24) is 15.1 Å². The van der Waals surface area contributed by atoms with Gasteiger partial charge in [0.05, 0.1) is 30.8 Å². The normalized spacial score (nSPS) is 18.2. The maximum absolute atomic E-state index is 13.5. The number of aryl methyl sites for hydroxylation is 1. The summed E-state index contributed by atoms with van der Waals surface area (Å²) in [5, 5.41) is 3.66. The van der Waals surface area contributed by atoms with Crippen LogP contribution in [-0.4, -0.2) is 73.0 Å². The summed E-state index contributed by atoms with van der Waals surface area (Å²) in [6.45, 7) is 4.00. The third-order valence-corrected chi connectivity index (χ3v) is 7.42. The molecule has 3 heterocycles. The molecule has 2 fully saturated rings. The van der Waals surface area contributed by atoms with Crippen LogP contribution in [0.15, 0.2) is 62.9 Å². The molecule has 10 heteroatoms. The van der Waals surface area contributed by atoms with Crippen LogP contribution in [0.2, 0.25) is 0 Å². The number of likely N-dealkylation sites (tertiary alicyclic amines) is 2. The lowest BCUT2D eigenvalue weighted by atomic mass is 10.0. The zero-order valence-corrected chi connectivity index (χ0v) is 23.5. The van der Waals surface area contributed by atoms with E-state index in [1.54, 1.807) is 41.4 Å². The Labute approximate surface area is 239 Å². The molecule has 2 saturated heterocycles. The number of furan rings is 1. The average Bonchev–Trinajstić information content (AvgIpc) is 3.61. The summed E-state index contributed by atoms with van der Waals surface area (Å²) in [4.78, 5) is 52.1. The van der Waals surface area contributed by atoms with Crippen molar-refractivity contribution in [2.75, 3.05) is 33.3 Å². The molecule has 214 valence electrons. The summed E-state index contributed by atoms with van der Waals surface area (Å²) < 4.78 is 11.0. The van der Waals surface area contributed by atoms with E-state index < -0.39 is 11.8 Å². The highest BCUT2D eigenvalue weighted by molar-refractivity contribution is 6.10. The van der Waals surface area contributed by atoms with Gasteiger partial charge in [0.15, 0.2) is 0 Å². The molecule has 1 atom stereocenters.